The van der Waals surface area contributed by atoms with Crippen LogP contribution in [0.4, 0.5) is 15.2 Å². The van der Waals surface area contributed by atoms with Crippen LogP contribution in [0.5, 0.6) is 5.75 Å². The molecule has 1 aromatic heterocycles. The smallest absolute Gasteiger partial charge is 0.404 e. The number of carbonyl (C=O) groups excluding carboxylic acids is 1. The maximum Gasteiger partial charge on any atom is 0.404 e. The molecule has 9 nitrogen and oxygen atoms in total. The summed E-state index contributed by atoms with van der Waals surface area (Å²) in [6, 6.07) is 5.01. The Hall–Kier alpha value is -3.30. The van der Waals surface area contributed by atoms with Crippen molar-refractivity contribution in [2.75, 3.05) is 32.1 Å². The van der Waals surface area contributed by atoms with E-state index in [1.54, 1.807) is 18.2 Å². The van der Waals surface area contributed by atoms with Gasteiger partial charge in [0.1, 0.15) is 17.9 Å². The van der Waals surface area contributed by atoms with Crippen molar-refractivity contribution in [1.82, 2.24) is 15.6 Å². The van der Waals surface area contributed by atoms with Crippen molar-refractivity contribution < 1.29 is 28.2 Å². The summed E-state index contributed by atoms with van der Waals surface area (Å²) in [5.41, 5.74) is 1.11. The van der Waals surface area contributed by atoms with Gasteiger partial charge in [0, 0.05) is 25.2 Å². The minimum atomic E-state index is -1.25. The second-order valence-corrected chi connectivity index (χ2v) is 4.89. The van der Waals surface area contributed by atoms with Gasteiger partial charge in [0.15, 0.2) is 5.58 Å². The van der Waals surface area contributed by atoms with Gasteiger partial charge >= 0.3 is 6.09 Å². The molecule has 2 aromatic rings. The highest BCUT2D eigenvalue weighted by Gasteiger charge is 2.09. The molecule has 0 unspecified atom stereocenters. The number of hydrogen-bond acceptors (Lipinski definition) is 6. The second kappa shape index (κ2) is 8.52. The van der Waals surface area contributed by atoms with Crippen molar-refractivity contribution in [3.8, 4) is 5.75 Å². The number of benzene rings is 1. The Morgan fingerprint density at radius 2 is 2.20 bits per heavy atom. The lowest BCUT2D eigenvalue weighted by Crippen LogP contribution is -2.26. The van der Waals surface area contributed by atoms with E-state index in [1.165, 1.54) is 7.05 Å². The fourth-order valence-corrected chi connectivity index (χ4v) is 1.80. The molecule has 0 saturated heterocycles. The molecule has 10 heteroatoms. The van der Waals surface area contributed by atoms with E-state index in [0.29, 0.717) is 23.2 Å². The summed E-state index contributed by atoms with van der Waals surface area (Å²) in [7, 11) is 1.52. The van der Waals surface area contributed by atoms with Crippen molar-refractivity contribution in [2.24, 2.45) is 0 Å². The van der Waals surface area contributed by atoms with Crippen molar-refractivity contribution in [3.63, 3.8) is 0 Å². The fraction of sp³-hybridized carbons (Fsp3) is 0.267. The van der Waals surface area contributed by atoms with Crippen LogP contribution in [0, 0.1) is 0 Å². The molecular weight excluding hydrogens is 335 g/mol. The minimum absolute atomic E-state index is 0.0217. The number of anilines is 1. The van der Waals surface area contributed by atoms with Gasteiger partial charge in [-0.2, -0.15) is 4.98 Å². The fourth-order valence-electron chi connectivity index (χ4n) is 1.80. The monoisotopic (exact) mass is 352 g/mol. The van der Waals surface area contributed by atoms with E-state index >= 15 is 0 Å². The number of hydrogen-bond donors (Lipinski definition) is 4. The van der Waals surface area contributed by atoms with Gasteiger partial charge in [-0.15, -0.1) is 0 Å². The number of likely N-dealkylation sites (N-methyl/N-ethyl adjacent to an activating group) is 1. The Morgan fingerprint density at radius 1 is 1.40 bits per heavy atom. The molecule has 2 amide bonds. The highest BCUT2D eigenvalue weighted by atomic mass is 19.1. The van der Waals surface area contributed by atoms with Crippen molar-refractivity contribution in [2.45, 2.75) is 0 Å². The molecule has 2 rings (SSSR count). The zero-order valence-corrected chi connectivity index (χ0v) is 13.3. The Morgan fingerprint density at radius 3 is 2.88 bits per heavy atom. The zero-order chi connectivity index (χ0) is 18.2. The molecule has 25 heavy (non-hydrogen) atoms. The van der Waals surface area contributed by atoms with E-state index in [0.717, 1.165) is 0 Å². The van der Waals surface area contributed by atoms with Crippen molar-refractivity contribution in [1.29, 1.82) is 0 Å². The summed E-state index contributed by atoms with van der Waals surface area (Å²) in [5, 5.41) is 15.8. The van der Waals surface area contributed by atoms with Crippen molar-refractivity contribution >= 4 is 29.1 Å². The number of halogens is 1. The molecular formula is C15H17FN4O5. The molecule has 0 radical (unpaired) electrons. The Balaban J connectivity index is 1.98. The molecule has 4 N–H and O–H groups in total. The average Bonchev–Trinajstić information content (AvgIpc) is 3.01. The van der Waals surface area contributed by atoms with Gasteiger partial charge in [-0.05, 0) is 12.1 Å². The lowest BCUT2D eigenvalue weighted by Gasteiger charge is -2.08. The Labute approximate surface area is 141 Å². The molecule has 0 bridgehead atoms. The average molecular weight is 352 g/mol. The molecule has 0 saturated carbocycles. The number of nitrogens with one attached hydrogen (secondary N) is 3. The highest BCUT2D eigenvalue weighted by Crippen LogP contribution is 2.24. The summed E-state index contributed by atoms with van der Waals surface area (Å²) in [6.45, 7) is -0.282. The van der Waals surface area contributed by atoms with Crippen LogP contribution in [0.25, 0.3) is 11.1 Å². The third kappa shape index (κ3) is 5.37. The first-order valence-electron chi connectivity index (χ1n) is 7.24. The van der Waals surface area contributed by atoms with Gasteiger partial charge < -0.3 is 30.2 Å². The zero-order valence-electron chi connectivity index (χ0n) is 13.3. The SMILES string of the molecule is CNC(=O)CNc1nc2ccc(OC/C(=C\F)CNC(=O)O)cc2o1. The van der Waals surface area contributed by atoms with Gasteiger partial charge in [0.05, 0.1) is 12.9 Å². The first-order chi connectivity index (χ1) is 12.0. The van der Waals surface area contributed by atoms with Crippen LogP contribution < -0.4 is 20.7 Å². The normalized spacial score (nSPS) is 11.2. The van der Waals surface area contributed by atoms with Gasteiger partial charge in [-0.3, -0.25) is 4.79 Å². The molecule has 1 heterocycles. The lowest BCUT2D eigenvalue weighted by atomic mass is 10.3. The molecule has 0 aliphatic carbocycles. The van der Waals surface area contributed by atoms with E-state index in [4.69, 9.17) is 14.3 Å². The highest BCUT2D eigenvalue weighted by molar-refractivity contribution is 5.81. The molecule has 0 aliphatic heterocycles. The number of rotatable bonds is 8. The largest absolute Gasteiger partial charge is 0.489 e. The molecule has 0 aliphatic rings. The van der Waals surface area contributed by atoms with Crippen LogP contribution in [0.1, 0.15) is 0 Å². The van der Waals surface area contributed by atoms with Crippen LogP contribution in [0.2, 0.25) is 0 Å². The first-order valence-corrected chi connectivity index (χ1v) is 7.24. The molecule has 134 valence electrons. The summed E-state index contributed by atoms with van der Waals surface area (Å²) in [4.78, 5) is 25.8. The number of carbonyl (C=O) groups is 2. The number of aromatic nitrogens is 1. The van der Waals surface area contributed by atoms with Gasteiger partial charge in [0.2, 0.25) is 5.91 Å². The Kier molecular flexibility index (Phi) is 6.15. The van der Waals surface area contributed by atoms with Crippen LogP contribution >= 0.6 is 0 Å². The number of ether oxygens (including phenoxy) is 1. The number of fused-ring (bicyclic) bond motifs is 1. The van der Waals surface area contributed by atoms with Crippen LogP contribution in [0.15, 0.2) is 34.5 Å². The quantitative estimate of drug-likeness (QED) is 0.567. The summed E-state index contributed by atoms with van der Waals surface area (Å²) >= 11 is 0. The molecule has 0 spiro atoms. The minimum Gasteiger partial charge on any atom is -0.489 e. The van der Waals surface area contributed by atoms with Crippen LogP contribution in [-0.4, -0.2) is 48.8 Å². The predicted molar refractivity (Wildman–Crippen MR) is 87.3 cm³/mol. The van der Waals surface area contributed by atoms with Crippen molar-refractivity contribution in [3.05, 3.63) is 30.1 Å². The molecule has 0 fully saturated rings. The Bertz CT molecular complexity index is 789. The topological polar surface area (TPSA) is 126 Å². The summed E-state index contributed by atoms with van der Waals surface area (Å²) in [6.07, 6.45) is -0.955. The third-order valence-electron chi connectivity index (χ3n) is 3.08. The number of nitrogens with zero attached hydrogens (tertiary/aromatic N) is 1. The van der Waals surface area contributed by atoms with E-state index in [2.05, 4.69) is 20.9 Å². The number of oxazole rings is 1. The van der Waals surface area contributed by atoms with Gasteiger partial charge in [-0.25, -0.2) is 9.18 Å². The van der Waals surface area contributed by atoms with Gasteiger partial charge in [-0.1, -0.05) is 0 Å². The molecule has 1 aromatic carbocycles. The van der Waals surface area contributed by atoms with E-state index < -0.39 is 6.09 Å². The van der Waals surface area contributed by atoms with E-state index in [-0.39, 0.29) is 37.2 Å². The number of amides is 2. The van der Waals surface area contributed by atoms with E-state index in [1.807, 2.05) is 0 Å². The van der Waals surface area contributed by atoms with Gasteiger partial charge in [0.25, 0.3) is 6.01 Å². The molecule has 0 atom stereocenters. The third-order valence-corrected chi connectivity index (χ3v) is 3.08. The van der Waals surface area contributed by atoms with Crippen LogP contribution in [-0.2, 0) is 4.79 Å². The standard InChI is InChI=1S/C15H17FN4O5/c1-17-13(21)7-18-14-20-11-3-2-10(4-12(11)25-14)24-8-9(5-16)6-19-15(22)23/h2-5,19H,6-8H2,1H3,(H,17,21)(H,18,20)(H,22,23)/b9-5-. The predicted octanol–water partition coefficient (Wildman–Crippen LogP) is 1.49. The summed E-state index contributed by atoms with van der Waals surface area (Å²) < 4.78 is 23.6. The van der Waals surface area contributed by atoms with Crippen LogP contribution in [0.3, 0.4) is 0 Å². The maximum atomic E-state index is 12.7. The first kappa shape index (κ1) is 18.0. The lowest BCUT2D eigenvalue weighted by molar-refractivity contribution is -0.118. The second-order valence-electron chi connectivity index (χ2n) is 4.89. The summed E-state index contributed by atoms with van der Waals surface area (Å²) in [5.74, 6) is 0.183. The maximum absolute atomic E-state index is 12.7. The number of carboxylic acid groups (broad SMARTS) is 1. The van der Waals surface area contributed by atoms with E-state index in [9.17, 15) is 14.0 Å².